The molecule has 0 saturated carbocycles. The lowest BCUT2D eigenvalue weighted by atomic mass is 9.97. The minimum absolute atomic E-state index is 0.260. The van der Waals surface area contributed by atoms with Crippen LogP contribution in [0.15, 0.2) is 43.1 Å². The number of aromatic nitrogens is 4. The maximum absolute atomic E-state index is 4.62. The smallest absolute Gasteiger partial charge is 0.142 e. The summed E-state index contributed by atoms with van der Waals surface area (Å²) in [5, 5.41) is 4.85. The number of H-pyrrole nitrogens is 1. The summed E-state index contributed by atoms with van der Waals surface area (Å²) in [6, 6.07) is 7.49. The van der Waals surface area contributed by atoms with Crippen LogP contribution in [0.25, 0.3) is 11.0 Å². The van der Waals surface area contributed by atoms with Crippen LogP contribution in [0, 0.1) is 0 Å². The van der Waals surface area contributed by atoms with Crippen molar-refractivity contribution in [1.82, 2.24) is 25.3 Å². The Morgan fingerprint density at radius 2 is 2.17 bits per heavy atom. The molecular formula is C17H18N6. The van der Waals surface area contributed by atoms with E-state index in [1.165, 1.54) is 18.4 Å². The summed E-state index contributed by atoms with van der Waals surface area (Å²) < 4.78 is 0. The highest BCUT2D eigenvalue weighted by molar-refractivity contribution is 5.87. The van der Waals surface area contributed by atoms with Gasteiger partial charge in [-0.2, -0.15) is 0 Å². The number of fused-ring (bicyclic) bond motifs is 3. The van der Waals surface area contributed by atoms with Crippen LogP contribution in [0.4, 0.5) is 5.82 Å². The van der Waals surface area contributed by atoms with E-state index in [1.807, 2.05) is 24.7 Å². The quantitative estimate of drug-likeness (QED) is 0.758. The van der Waals surface area contributed by atoms with Gasteiger partial charge in [0, 0.05) is 37.2 Å². The maximum atomic E-state index is 4.62. The van der Waals surface area contributed by atoms with Crippen molar-refractivity contribution < 1.29 is 0 Å². The molecule has 5 rings (SSSR count). The van der Waals surface area contributed by atoms with Gasteiger partial charge in [-0.15, -0.1) is 0 Å². The van der Waals surface area contributed by atoms with Crippen LogP contribution < -0.4 is 10.2 Å². The van der Waals surface area contributed by atoms with Crippen molar-refractivity contribution in [2.24, 2.45) is 0 Å². The van der Waals surface area contributed by atoms with Gasteiger partial charge in [0.05, 0.1) is 11.4 Å². The second-order valence-corrected chi connectivity index (χ2v) is 6.37. The summed E-state index contributed by atoms with van der Waals surface area (Å²) in [5.74, 6) is 1.02. The Kier molecular flexibility index (Phi) is 2.84. The van der Waals surface area contributed by atoms with Crippen molar-refractivity contribution in [2.45, 2.75) is 31.0 Å². The van der Waals surface area contributed by atoms with Crippen LogP contribution in [0.1, 0.15) is 24.4 Å². The molecule has 2 bridgehead atoms. The fraction of sp³-hybridized carbons (Fsp3) is 0.353. The number of nitrogens with one attached hydrogen (secondary N) is 2. The van der Waals surface area contributed by atoms with Crippen molar-refractivity contribution >= 4 is 16.9 Å². The van der Waals surface area contributed by atoms with Gasteiger partial charge >= 0.3 is 0 Å². The summed E-state index contributed by atoms with van der Waals surface area (Å²) in [6.07, 6.45) is 9.81. The normalized spacial score (nSPS) is 26.8. The van der Waals surface area contributed by atoms with E-state index < -0.39 is 0 Å². The summed E-state index contributed by atoms with van der Waals surface area (Å²) in [7, 11) is 0. The zero-order valence-electron chi connectivity index (χ0n) is 12.7. The Morgan fingerprint density at radius 3 is 3.09 bits per heavy atom. The van der Waals surface area contributed by atoms with Gasteiger partial charge in [-0.1, -0.05) is 6.07 Å². The molecule has 0 spiro atoms. The van der Waals surface area contributed by atoms with E-state index in [-0.39, 0.29) is 6.04 Å². The fourth-order valence-corrected chi connectivity index (χ4v) is 4.08. The average Bonchev–Trinajstić information content (AvgIpc) is 3.22. The Morgan fingerprint density at radius 1 is 1.17 bits per heavy atom. The van der Waals surface area contributed by atoms with Gasteiger partial charge in [0.1, 0.15) is 17.8 Å². The zero-order chi connectivity index (χ0) is 15.2. The van der Waals surface area contributed by atoms with Crippen molar-refractivity contribution in [3.63, 3.8) is 0 Å². The highest BCUT2D eigenvalue weighted by Gasteiger charge is 2.42. The largest absolute Gasteiger partial charge is 0.346 e. The Labute approximate surface area is 134 Å². The minimum Gasteiger partial charge on any atom is -0.346 e. The van der Waals surface area contributed by atoms with Crippen molar-refractivity contribution in [2.75, 3.05) is 11.4 Å². The van der Waals surface area contributed by atoms with Crippen LogP contribution >= 0.6 is 0 Å². The number of aromatic amines is 1. The molecule has 2 aliphatic rings. The lowest BCUT2D eigenvalue weighted by molar-refractivity contribution is 0.382. The predicted octanol–water partition coefficient (Wildman–Crippen LogP) is 2.03. The van der Waals surface area contributed by atoms with E-state index in [1.54, 1.807) is 6.33 Å². The van der Waals surface area contributed by atoms with Gasteiger partial charge in [-0.05, 0) is 30.5 Å². The molecule has 5 heterocycles. The molecule has 2 fully saturated rings. The van der Waals surface area contributed by atoms with Gasteiger partial charge in [-0.3, -0.25) is 4.98 Å². The molecular weight excluding hydrogens is 288 g/mol. The van der Waals surface area contributed by atoms with Crippen molar-refractivity contribution in [3.05, 3.63) is 48.7 Å². The third-order valence-corrected chi connectivity index (χ3v) is 5.04. The van der Waals surface area contributed by atoms with Crippen LogP contribution in [-0.4, -0.2) is 38.6 Å². The number of rotatable bonds is 2. The lowest BCUT2D eigenvalue weighted by Crippen LogP contribution is -2.53. The number of pyridine rings is 1. The van der Waals surface area contributed by atoms with Crippen LogP contribution in [0.2, 0.25) is 0 Å². The molecule has 23 heavy (non-hydrogen) atoms. The maximum Gasteiger partial charge on any atom is 0.142 e. The standard InChI is InChI=1S/C17H18N6/c1-2-11(8-18-6-1)15-14-4-3-12(22-14)9-23(15)17-13-5-7-19-16(13)20-10-21-17/h1-2,5-8,10,12,14-15,22H,3-4,9H2,(H,19,20,21). The second kappa shape index (κ2) is 5.03. The van der Waals surface area contributed by atoms with Crippen LogP contribution in [-0.2, 0) is 0 Å². The first kappa shape index (κ1) is 13.0. The van der Waals surface area contributed by atoms with E-state index in [4.69, 9.17) is 0 Å². The number of piperazine rings is 1. The van der Waals surface area contributed by atoms with Gasteiger partial charge in [-0.25, -0.2) is 9.97 Å². The fourth-order valence-electron chi connectivity index (χ4n) is 4.08. The molecule has 116 valence electrons. The Hall–Kier alpha value is -2.47. The van der Waals surface area contributed by atoms with E-state index in [0.29, 0.717) is 12.1 Å². The first-order valence-electron chi connectivity index (χ1n) is 8.11. The second-order valence-electron chi connectivity index (χ2n) is 6.37. The van der Waals surface area contributed by atoms with Crippen LogP contribution in [0.3, 0.4) is 0 Å². The van der Waals surface area contributed by atoms with Gasteiger partial charge < -0.3 is 15.2 Å². The summed E-state index contributed by atoms with van der Waals surface area (Å²) >= 11 is 0. The molecule has 2 aliphatic heterocycles. The molecule has 3 atom stereocenters. The monoisotopic (exact) mass is 306 g/mol. The molecule has 0 aromatic carbocycles. The highest BCUT2D eigenvalue weighted by atomic mass is 15.3. The topological polar surface area (TPSA) is 69.7 Å². The molecule has 6 heteroatoms. The molecule has 3 unspecified atom stereocenters. The SMILES string of the molecule is c1cncc(C2C3CCC(CN2c2ncnc4[nH]ccc24)N3)c1. The Balaban J connectivity index is 1.66. The summed E-state index contributed by atoms with van der Waals surface area (Å²) in [6.45, 7) is 0.966. The number of nitrogens with zero attached hydrogens (tertiary/aromatic N) is 4. The van der Waals surface area contributed by atoms with E-state index in [9.17, 15) is 0 Å². The van der Waals surface area contributed by atoms with Gasteiger partial charge in [0.15, 0.2) is 0 Å². The molecule has 2 N–H and O–H groups in total. The molecule has 3 aromatic rings. The number of hydrogen-bond acceptors (Lipinski definition) is 5. The molecule has 0 aliphatic carbocycles. The third kappa shape index (κ3) is 2.02. The third-order valence-electron chi connectivity index (χ3n) is 5.04. The zero-order valence-corrected chi connectivity index (χ0v) is 12.7. The van der Waals surface area contributed by atoms with E-state index in [2.05, 4.69) is 42.3 Å². The summed E-state index contributed by atoms with van der Waals surface area (Å²) in [4.78, 5) is 18.9. The molecule has 0 radical (unpaired) electrons. The molecule has 0 amide bonds. The number of hydrogen-bond donors (Lipinski definition) is 2. The Bertz CT molecular complexity index is 829. The molecule has 3 aromatic heterocycles. The lowest BCUT2D eigenvalue weighted by Gasteiger charge is -2.42. The van der Waals surface area contributed by atoms with E-state index in [0.717, 1.165) is 23.4 Å². The van der Waals surface area contributed by atoms with Gasteiger partial charge in [0.25, 0.3) is 0 Å². The molecule has 6 nitrogen and oxygen atoms in total. The van der Waals surface area contributed by atoms with Crippen LogP contribution in [0.5, 0.6) is 0 Å². The van der Waals surface area contributed by atoms with Crippen molar-refractivity contribution in [1.29, 1.82) is 0 Å². The van der Waals surface area contributed by atoms with E-state index >= 15 is 0 Å². The first-order valence-corrected chi connectivity index (χ1v) is 8.11. The van der Waals surface area contributed by atoms with Gasteiger partial charge in [0.2, 0.25) is 0 Å². The predicted molar refractivity (Wildman–Crippen MR) is 88.2 cm³/mol. The first-order chi connectivity index (χ1) is 11.4. The highest BCUT2D eigenvalue weighted by Crippen LogP contribution is 2.39. The molecule has 2 saturated heterocycles. The minimum atomic E-state index is 0.260. The average molecular weight is 306 g/mol. The van der Waals surface area contributed by atoms with Crippen molar-refractivity contribution in [3.8, 4) is 0 Å². The summed E-state index contributed by atoms with van der Waals surface area (Å²) in [5.41, 5.74) is 2.14. The number of anilines is 1.